The molecule has 106 valence electrons. The number of likely N-dealkylation sites (N-methyl/N-ethyl adjacent to an activating group) is 1. The van der Waals surface area contributed by atoms with Crippen LogP contribution in [0, 0.1) is 5.82 Å². The molecule has 0 spiro atoms. The van der Waals surface area contributed by atoms with Crippen LogP contribution in [-0.2, 0) is 4.74 Å². The van der Waals surface area contributed by atoms with Crippen molar-refractivity contribution in [3.05, 3.63) is 29.8 Å². The average Bonchev–Trinajstić information content (AvgIpc) is 2.46. The van der Waals surface area contributed by atoms with Gasteiger partial charge in [0.05, 0.1) is 17.8 Å². The van der Waals surface area contributed by atoms with Gasteiger partial charge < -0.3 is 10.1 Å². The first-order chi connectivity index (χ1) is 9.23. The number of rotatable bonds is 5. The molecule has 1 aliphatic carbocycles. The fourth-order valence-electron chi connectivity index (χ4n) is 3.16. The Balaban J connectivity index is 2.35. The molecule has 0 aromatic carbocycles. The molecule has 0 aliphatic heterocycles. The molecule has 1 aromatic rings. The van der Waals surface area contributed by atoms with Crippen LogP contribution in [0.15, 0.2) is 18.5 Å². The van der Waals surface area contributed by atoms with Crippen LogP contribution in [0.4, 0.5) is 4.39 Å². The molecule has 1 atom stereocenters. The molecular weight excluding hydrogens is 243 g/mol. The summed E-state index contributed by atoms with van der Waals surface area (Å²) in [6.45, 7) is 2.83. The second-order valence-corrected chi connectivity index (χ2v) is 5.22. The van der Waals surface area contributed by atoms with Gasteiger partial charge in [-0.3, -0.25) is 4.98 Å². The summed E-state index contributed by atoms with van der Waals surface area (Å²) in [5, 5.41) is 3.41. The van der Waals surface area contributed by atoms with Gasteiger partial charge in [0.15, 0.2) is 0 Å². The minimum absolute atomic E-state index is 0.106. The number of aromatic nitrogens is 1. The minimum atomic E-state index is -0.295. The Morgan fingerprint density at radius 3 is 2.74 bits per heavy atom. The highest BCUT2D eigenvalue weighted by Crippen LogP contribution is 2.41. The van der Waals surface area contributed by atoms with E-state index in [1.165, 1.54) is 12.6 Å². The zero-order chi connectivity index (χ0) is 13.7. The number of hydrogen-bond donors (Lipinski definition) is 1. The van der Waals surface area contributed by atoms with Crippen LogP contribution < -0.4 is 5.32 Å². The lowest BCUT2D eigenvalue weighted by molar-refractivity contribution is -0.0692. The van der Waals surface area contributed by atoms with Gasteiger partial charge in [-0.15, -0.1) is 0 Å². The Bertz CT molecular complexity index is 405. The highest BCUT2D eigenvalue weighted by Gasteiger charge is 2.41. The van der Waals surface area contributed by atoms with Crippen molar-refractivity contribution >= 4 is 0 Å². The van der Waals surface area contributed by atoms with E-state index in [9.17, 15) is 4.39 Å². The molecule has 0 radical (unpaired) electrons. The summed E-state index contributed by atoms with van der Waals surface area (Å²) in [5.74, 6) is -0.254. The van der Waals surface area contributed by atoms with Gasteiger partial charge in [-0.1, -0.05) is 26.2 Å². The van der Waals surface area contributed by atoms with E-state index in [4.69, 9.17) is 4.74 Å². The van der Waals surface area contributed by atoms with Gasteiger partial charge in [0.2, 0.25) is 0 Å². The first-order valence-corrected chi connectivity index (χ1v) is 7.11. The van der Waals surface area contributed by atoms with Crippen LogP contribution in [0.5, 0.6) is 0 Å². The molecule has 0 saturated heterocycles. The van der Waals surface area contributed by atoms with E-state index >= 15 is 0 Å². The molecule has 1 heterocycles. The molecule has 1 aromatic heterocycles. The fourth-order valence-corrected chi connectivity index (χ4v) is 3.16. The maximum absolute atomic E-state index is 14.1. The summed E-state index contributed by atoms with van der Waals surface area (Å²) in [5.41, 5.74) is 0.372. The highest BCUT2D eigenvalue weighted by atomic mass is 19.1. The molecule has 4 heteroatoms. The van der Waals surface area contributed by atoms with E-state index in [0.717, 1.165) is 32.2 Å². The third-order valence-corrected chi connectivity index (χ3v) is 4.16. The van der Waals surface area contributed by atoms with Gasteiger partial charge in [0, 0.05) is 18.9 Å². The molecule has 19 heavy (non-hydrogen) atoms. The molecule has 1 N–H and O–H groups in total. The Morgan fingerprint density at radius 2 is 2.16 bits per heavy atom. The zero-order valence-corrected chi connectivity index (χ0v) is 11.8. The first kappa shape index (κ1) is 14.4. The van der Waals surface area contributed by atoms with Gasteiger partial charge in [0.25, 0.3) is 0 Å². The van der Waals surface area contributed by atoms with Crippen LogP contribution >= 0.6 is 0 Å². The van der Waals surface area contributed by atoms with E-state index in [-0.39, 0.29) is 17.5 Å². The number of hydrogen-bond acceptors (Lipinski definition) is 3. The summed E-state index contributed by atoms with van der Waals surface area (Å²) >= 11 is 0. The highest BCUT2D eigenvalue weighted by molar-refractivity contribution is 5.22. The zero-order valence-electron chi connectivity index (χ0n) is 11.8. The minimum Gasteiger partial charge on any atom is -0.376 e. The van der Waals surface area contributed by atoms with Crippen LogP contribution in [0.1, 0.15) is 50.6 Å². The van der Waals surface area contributed by atoms with E-state index in [0.29, 0.717) is 5.56 Å². The van der Waals surface area contributed by atoms with E-state index < -0.39 is 0 Å². The lowest BCUT2D eigenvalue weighted by atomic mass is 9.76. The van der Waals surface area contributed by atoms with E-state index in [1.807, 2.05) is 6.92 Å². The number of nitrogens with zero attached hydrogens (tertiary/aromatic N) is 1. The SMILES string of the molecule is CCNC(c1ccncc1F)C1(OC)CCCCC1. The number of methoxy groups -OCH3 is 1. The third-order valence-electron chi connectivity index (χ3n) is 4.16. The number of pyridine rings is 1. The molecule has 1 aliphatic rings. The topological polar surface area (TPSA) is 34.2 Å². The van der Waals surface area contributed by atoms with Crippen molar-refractivity contribution in [3.63, 3.8) is 0 Å². The van der Waals surface area contributed by atoms with E-state index in [2.05, 4.69) is 10.3 Å². The van der Waals surface area contributed by atoms with Crippen molar-refractivity contribution in [2.75, 3.05) is 13.7 Å². The third kappa shape index (κ3) is 2.95. The number of ether oxygens (including phenoxy) is 1. The summed E-state index contributed by atoms with van der Waals surface area (Å²) < 4.78 is 19.9. The summed E-state index contributed by atoms with van der Waals surface area (Å²) in [6, 6.07) is 1.66. The first-order valence-electron chi connectivity index (χ1n) is 7.11. The van der Waals surface area contributed by atoms with Gasteiger partial charge in [-0.2, -0.15) is 0 Å². The van der Waals surface area contributed by atoms with Crippen LogP contribution in [0.25, 0.3) is 0 Å². The van der Waals surface area contributed by atoms with Crippen molar-refractivity contribution < 1.29 is 9.13 Å². The van der Waals surface area contributed by atoms with Crippen LogP contribution in [-0.4, -0.2) is 24.2 Å². The Hall–Kier alpha value is -1.00. The number of halogens is 1. The molecule has 1 saturated carbocycles. The number of nitrogens with one attached hydrogen (secondary N) is 1. The predicted molar refractivity (Wildman–Crippen MR) is 73.4 cm³/mol. The van der Waals surface area contributed by atoms with Crippen molar-refractivity contribution in [1.82, 2.24) is 10.3 Å². The van der Waals surface area contributed by atoms with Gasteiger partial charge >= 0.3 is 0 Å². The van der Waals surface area contributed by atoms with Gasteiger partial charge in [0.1, 0.15) is 5.82 Å². The predicted octanol–water partition coefficient (Wildman–Crippen LogP) is 3.22. The Kier molecular flexibility index (Phi) is 4.88. The molecule has 0 amide bonds. The summed E-state index contributed by atoms with van der Waals surface area (Å²) in [4.78, 5) is 3.84. The molecule has 0 bridgehead atoms. The molecule has 1 fully saturated rings. The van der Waals surface area contributed by atoms with Gasteiger partial charge in [-0.05, 0) is 25.5 Å². The van der Waals surface area contributed by atoms with Gasteiger partial charge in [-0.25, -0.2) is 4.39 Å². The lowest BCUT2D eigenvalue weighted by Crippen LogP contribution is -2.47. The maximum atomic E-state index is 14.1. The second kappa shape index (κ2) is 6.44. The Morgan fingerprint density at radius 1 is 1.42 bits per heavy atom. The summed E-state index contributed by atoms with van der Waals surface area (Å²) in [6.07, 6.45) is 8.40. The quantitative estimate of drug-likeness (QED) is 0.888. The second-order valence-electron chi connectivity index (χ2n) is 5.22. The largest absolute Gasteiger partial charge is 0.376 e. The van der Waals surface area contributed by atoms with Crippen molar-refractivity contribution in [3.8, 4) is 0 Å². The standard InChI is InChI=1S/C15H23FN2O/c1-3-18-14(12-7-10-17-11-13(12)16)15(19-2)8-5-4-6-9-15/h7,10-11,14,18H,3-6,8-9H2,1-2H3. The summed E-state index contributed by atoms with van der Waals surface area (Å²) in [7, 11) is 1.74. The van der Waals surface area contributed by atoms with E-state index in [1.54, 1.807) is 19.4 Å². The molecule has 1 unspecified atom stereocenters. The Labute approximate surface area is 114 Å². The molecular formula is C15H23FN2O. The van der Waals surface area contributed by atoms with Crippen LogP contribution in [0.2, 0.25) is 0 Å². The molecule has 2 rings (SSSR count). The normalized spacial score (nSPS) is 20.2. The average molecular weight is 266 g/mol. The fraction of sp³-hybridized carbons (Fsp3) is 0.667. The van der Waals surface area contributed by atoms with Crippen molar-refractivity contribution in [1.29, 1.82) is 0 Å². The van der Waals surface area contributed by atoms with Crippen LogP contribution in [0.3, 0.4) is 0 Å². The lowest BCUT2D eigenvalue weighted by Gasteiger charge is -2.43. The van der Waals surface area contributed by atoms with Crippen molar-refractivity contribution in [2.45, 2.75) is 50.7 Å². The molecule has 3 nitrogen and oxygen atoms in total. The maximum Gasteiger partial charge on any atom is 0.146 e. The van der Waals surface area contributed by atoms with Crippen molar-refractivity contribution in [2.24, 2.45) is 0 Å². The smallest absolute Gasteiger partial charge is 0.146 e. The monoisotopic (exact) mass is 266 g/mol.